The SMILES string of the molecule is CC(C=C(F)F)CCCC1[CH]C1. The van der Waals surface area contributed by atoms with Gasteiger partial charge in [0, 0.05) is 0 Å². The van der Waals surface area contributed by atoms with Gasteiger partial charge in [0.2, 0.25) is 0 Å². The molecule has 1 rings (SSSR count). The van der Waals surface area contributed by atoms with Gasteiger partial charge in [-0.1, -0.05) is 19.8 Å². The highest BCUT2D eigenvalue weighted by Gasteiger charge is 2.20. The first-order chi connectivity index (χ1) is 5.68. The molecule has 1 radical (unpaired) electrons. The van der Waals surface area contributed by atoms with E-state index < -0.39 is 6.08 Å². The average Bonchev–Trinajstić information content (AvgIpc) is 2.69. The zero-order chi connectivity index (χ0) is 8.97. The first-order valence-corrected chi connectivity index (χ1v) is 4.54. The molecular weight excluding hydrogens is 158 g/mol. The molecule has 0 N–H and O–H groups in total. The van der Waals surface area contributed by atoms with Crippen molar-refractivity contribution in [2.75, 3.05) is 0 Å². The van der Waals surface area contributed by atoms with Gasteiger partial charge in [0.1, 0.15) is 0 Å². The van der Waals surface area contributed by atoms with Crippen LogP contribution >= 0.6 is 0 Å². The molecule has 0 aliphatic heterocycles. The van der Waals surface area contributed by atoms with Crippen LogP contribution in [0.3, 0.4) is 0 Å². The molecule has 0 aromatic carbocycles. The van der Waals surface area contributed by atoms with Crippen molar-refractivity contribution >= 4 is 0 Å². The van der Waals surface area contributed by atoms with Crippen LogP contribution in [0.15, 0.2) is 12.2 Å². The van der Waals surface area contributed by atoms with Crippen LogP contribution < -0.4 is 0 Å². The van der Waals surface area contributed by atoms with E-state index in [2.05, 4.69) is 6.42 Å². The first kappa shape index (κ1) is 9.69. The molecule has 2 heteroatoms. The second-order valence-corrected chi connectivity index (χ2v) is 3.60. The van der Waals surface area contributed by atoms with E-state index in [1.165, 1.54) is 12.8 Å². The second-order valence-electron chi connectivity index (χ2n) is 3.60. The fourth-order valence-corrected chi connectivity index (χ4v) is 1.33. The number of rotatable bonds is 5. The summed E-state index contributed by atoms with van der Waals surface area (Å²) in [7, 11) is 0. The molecule has 0 spiro atoms. The molecule has 1 fully saturated rings. The molecule has 69 valence electrons. The zero-order valence-electron chi connectivity index (χ0n) is 7.39. The zero-order valence-corrected chi connectivity index (χ0v) is 7.39. The van der Waals surface area contributed by atoms with E-state index in [0.717, 1.165) is 24.8 Å². The Morgan fingerprint density at radius 2 is 2.33 bits per heavy atom. The highest BCUT2D eigenvalue weighted by atomic mass is 19.3. The predicted molar refractivity (Wildman–Crippen MR) is 45.7 cm³/mol. The molecule has 1 saturated carbocycles. The average molecular weight is 173 g/mol. The molecule has 1 aliphatic rings. The maximum absolute atomic E-state index is 11.7. The highest BCUT2D eigenvalue weighted by Crippen LogP contribution is 2.33. The number of allylic oxidation sites excluding steroid dienone is 1. The first-order valence-electron chi connectivity index (χ1n) is 4.54. The van der Waals surface area contributed by atoms with Gasteiger partial charge in [-0.25, -0.2) is 0 Å². The smallest absolute Gasteiger partial charge is 0.174 e. The molecule has 0 bridgehead atoms. The maximum atomic E-state index is 11.7. The van der Waals surface area contributed by atoms with Gasteiger partial charge < -0.3 is 0 Å². The summed E-state index contributed by atoms with van der Waals surface area (Å²) in [6, 6.07) is 0. The Morgan fingerprint density at radius 1 is 1.67 bits per heavy atom. The van der Waals surface area contributed by atoms with Crippen LogP contribution in [-0.2, 0) is 0 Å². The lowest BCUT2D eigenvalue weighted by atomic mass is 10.0. The lowest BCUT2D eigenvalue weighted by Crippen LogP contribution is -1.90. The Hall–Kier alpha value is -0.400. The van der Waals surface area contributed by atoms with Crippen LogP contribution in [0.4, 0.5) is 8.78 Å². The van der Waals surface area contributed by atoms with Crippen LogP contribution in [0.1, 0.15) is 32.6 Å². The molecule has 12 heavy (non-hydrogen) atoms. The van der Waals surface area contributed by atoms with Crippen molar-refractivity contribution in [1.29, 1.82) is 0 Å². The summed E-state index contributed by atoms with van der Waals surface area (Å²) in [5.74, 6) is 0.838. The van der Waals surface area contributed by atoms with Crippen LogP contribution in [0.2, 0.25) is 0 Å². The lowest BCUT2D eigenvalue weighted by Gasteiger charge is -2.03. The molecule has 0 nitrogen and oxygen atoms in total. The number of halogens is 2. The van der Waals surface area contributed by atoms with Crippen molar-refractivity contribution < 1.29 is 8.78 Å². The van der Waals surface area contributed by atoms with E-state index in [-0.39, 0.29) is 5.92 Å². The Labute approximate surface area is 72.7 Å². The standard InChI is InChI=1S/C10H15F2/c1-8(7-10(11)12)3-2-4-9-5-6-9/h5,7-9H,2-4,6H2,1H3. The highest BCUT2D eigenvalue weighted by molar-refractivity contribution is 4.94. The third-order valence-corrected chi connectivity index (χ3v) is 2.21. The molecule has 1 aliphatic carbocycles. The fourth-order valence-electron chi connectivity index (χ4n) is 1.33. The number of hydrogen-bond acceptors (Lipinski definition) is 0. The Morgan fingerprint density at radius 3 is 2.83 bits per heavy atom. The van der Waals surface area contributed by atoms with Crippen molar-refractivity contribution in [3.8, 4) is 0 Å². The summed E-state index contributed by atoms with van der Waals surface area (Å²) in [4.78, 5) is 0. The van der Waals surface area contributed by atoms with Crippen molar-refractivity contribution in [3.05, 3.63) is 18.6 Å². The maximum Gasteiger partial charge on any atom is 0.266 e. The summed E-state index contributed by atoms with van der Waals surface area (Å²) in [5.41, 5.74) is 0. The van der Waals surface area contributed by atoms with Crippen LogP contribution in [0, 0.1) is 18.3 Å². The van der Waals surface area contributed by atoms with E-state index in [9.17, 15) is 8.78 Å². The van der Waals surface area contributed by atoms with Gasteiger partial charge in [-0.05, 0) is 37.2 Å². The topological polar surface area (TPSA) is 0 Å². The van der Waals surface area contributed by atoms with Crippen molar-refractivity contribution in [1.82, 2.24) is 0 Å². The number of hydrogen-bond donors (Lipinski definition) is 0. The molecule has 0 aromatic heterocycles. The summed E-state index contributed by atoms with van der Waals surface area (Å²) >= 11 is 0. The molecule has 0 heterocycles. The Balaban J connectivity index is 2.00. The Kier molecular flexibility index (Phi) is 3.70. The second kappa shape index (κ2) is 4.58. The van der Waals surface area contributed by atoms with Gasteiger partial charge in [-0.2, -0.15) is 8.78 Å². The lowest BCUT2D eigenvalue weighted by molar-refractivity contribution is 0.406. The van der Waals surface area contributed by atoms with Gasteiger partial charge in [0.25, 0.3) is 6.08 Å². The van der Waals surface area contributed by atoms with Gasteiger partial charge >= 0.3 is 0 Å². The van der Waals surface area contributed by atoms with Crippen LogP contribution in [0.25, 0.3) is 0 Å². The van der Waals surface area contributed by atoms with Gasteiger partial charge in [0.05, 0.1) is 0 Å². The summed E-state index contributed by atoms with van der Waals surface area (Å²) in [6.07, 6.45) is 6.18. The van der Waals surface area contributed by atoms with E-state index in [0.29, 0.717) is 0 Å². The molecule has 2 unspecified atom stereocenters. The summed E-state index contributed by atoms with van der Waals surface area (Å²) < 4.78 is 23.5. The minimum absolute atomic E-state index is 0.0359. The molecule has 0 saturated heterocycles. The van der Waals surface area contributed by atoms with Crippen LogP contribution in [-0.4, -0.2) is 0 Å². The van der Waals surface area contributed by atoms with E-state index in [4.69, 9.17) is 0 Å². The van der Waals surface area contributed by atoms with Crippen molar-refractivity contribution in [3.63, 3.8) is 0 Å². The third-order valence-electron chi connectivity index (χ3n) is 2.21. The third kappa shape index (κ3) is 4.47. The van der Waals surface area contributed by atoms with Crippen molar-refractivity contribution in [2.24, 2.45) is 11.8 Å². The molecule has 0 aromatic rings. The molecular formula is C10H15F2. The van der Waals surface area contributed by atoms with E-state index in [1.807, 2.05) is 6.92 Å². The van der Waals surface area contributed by atoms with E-state index in [1.54, 1.807) is 0 Å². The van der Waals surface area contributed by atoms with Crippen molar-refractivity contribution in [2.45, 2.75) is 32.6 Å². The van der Waals surface area contributed by atoms with Gasteiger partial charge in [-0.15, -0.1) is 0 Å². The quantitative estimate of drug-likeness (QED) is 0.593. The monoisotopic (exact) mass is 173 g/mol. The minimum atomic E-state index is -1.54. The summed E-state index contributed by atoms with van der Waals surface area (Å²) in [6.45, 7) is 1.84. The molecule has 0 amide bonds. The van der Waals surface area contributed by atoms with Gasteiger partial charge in [0.15, 0.2) is 0 Å². The Bertz CT molecular complexity index is 155. The minimum Gasteiger partial charge on any atom is -0.174 e. The van der Waals surface area contributed by atoms with Crippen LogP contribution in [0.5, 0.6) is 0 Å². The largest absolute Gasteiger partial charge is 0.266 e. The predicted octanol–water partition coefficient (Wildman–Crippen LogP) is 3.80. The fraction of sp³-hybridized carbons (Fsp3) is 0.700. The normalized spacial score (nSPS) is 18.9. The summed E-state index contributed by atoms with van der Waals surface area (Å²) in [5, 5.41) is 0. The molecule has 2 atom stereocenters. The van der Waals surface area contributed by atoms with Gasteiger partial charge in [-0.3, -0.25) is 0 Å². The van der Waals surface area contributed by atoms with E-state index >= 15 is 0 Å².